The van der Waals surface area contributed by atoms with Crippen molar-refractivity contribution in [1.82, 2.24) is 4.98 Å². The second-order valence-electron chi connectivity index (χ2n) is 4.50. The summed E-state index contributed by atoms with van der Waals surface area (Å²) >= 11 is 0. The van der Waals surface area contributed by atoms with Crippen molar-refractivity contribution in [2.24, 2.45) is 0 Å². The molecule has 0 aliphatic heterocycles. The standard InChI is InChI=1S/C12H15F6N3/c1-3-4-19-9-5-8(12(16,17)18)6-10(20-9)21(2)7-11(13,14)15/h5-6H,3-4,7H2,1-2H3,(H,19,20). The third-order valence-electron chi connectivity index (χ3n) is 2.50. The summed E-state index contributed by atoms with van der Waals surface area (Å²) in [4.78, 5) is 4.41. The van der Waals surface area contributed by atoms with Gasteiger partial charge in [-0.1, -0.05) is 6.92 Å². The van der Waals surface area contributed by atoms with Gasteiger partial charge in [-0.15, -0.1) is 0 Å². The molecule has 1 heterocycles. The summed E-state index contributed by atoms with van der Waals surface area (Å²) < 4.78 is 75.3. The quantitative estimate of drug-likeness (QED) is 0.835. The number of hydrogen-bond donors (Lipinski definition) is 1. The number of nitrogens with one attached hydrogen (secondary N) is 1. The summed E-state index contributed by atoms with van der Waals surface area (Å²) in [7, 11) is 1.04. The maximum Gasteiger partial charge on any atom is 0.416 e. The van der Waals surface area contributed by atoms with Crippen LogP contribution >= 0.6 is 0 Å². The molecule has 0 bridgehead atoms. The van der Waals surface area contributed by atoms with Crippen molar-refractivity contribution < 1.29 is 26.3 Å². The molecule has 0 aliphatic rings. The molecule has 9 heteroatoms. The van der Waals surface area contributed by atoms with E-state index in [1.165, 1.54) is 0 Å². The van der Waals surface area contributed by atoms with Gasteiger partial charge in [0, 0.05) is 13.6 Å². The number of hydrogen-bond acceptors (Lipinski definition) is 3. The lowest BCUT2D eigenvalue weighted by Gasteiger charge is -2.22. The monoisotopic (exact) mass is 315 g/mol. The Bertz CT molecular complexity index is 469. The van der Waals surface area contributed by atoms with Crippen LogP contribution < -0.4 is 10.2 Å². The van der Waals surface area contributed by atoms with Crippen LogP contribution in [-0.2, 0) is 6.18 Å². The Morgan fingerprint density at radius 3 is 2.24 bits per heavy atom. The molecule has 0 saturated carbocycles. The van der Waals surface area contributed by atoms with E-state index < -0.39 is 24.5 Å². The number of halogens is 6. The van der Waals surface area contributed by atoms with E-state index in [0.29, 0.717) is 23.9 Å². The average Bonchev–Trinajstić information content (AvgIpc) is 2.33. The van der Waals surface area contributed by atoms with Crippen LogP contribution in [0.25, 0.3) is 0 Å². The van der Waals surface area contributed by atoms with Gasteiger partial charge in [0.15, 0.2) is 0 Å². The smallest absolute Gasteiger partial charge is 0.370 e. The molecule has 0 amide bonds. The zero-order valence-electron chi connectivity index (χ0n) is 11.4. The first-order valence-corrected chi connectivity index (χ1v) is 6.14. The highest BCUT2D eigenvalue weighted by Gasteiger charge is 2.34. The summed E-state index contributed by atoms with van der Waals surface area (Å²) in [6.07, 6.45) is -8.53. The molecule has 0 spiro atoms. The molecule has 0 unspecified atom stereocenters. The SMILES string of the molecule is CCCNc1cc(C(F)(F)F)cc(N(C)CC(F)(F)F)n1. The topological polar surface area (TPSA) is 28.2 Å². The van der Waals surface area contributed by atoms with E-state index in [0.717, 1.165) is 13.1 Å². The third-order valence-corrected chi connectivity index (χ3v) is 2.50. The molecule has 1 aromatic heterocycles. The van der Waals surface area contributed by atoms with E-state index in [4.69, 9.17) is 0 Å². The summed E-state index contributed by atoms with van der Waals surface area (Å²) in [5.74, 6) is -0.489. The van der Waals surface area contributed by atoms with Gasteiger partial charge < -0.3 is 10.2 Å². The zero-order chi connectivity index (χ0) is 16.3. The Kier molecular flexibility index (Phi) is 5.30. The molecule has 1 N–H and O–H groups in total. The van der Waals surface area contributed by atoms with E-state index in [1.54, 1.807) is 6.92 Å². The summed E-state index contributed by atoms with van der Waals surface area (Å²) in [5.41, 5.74) is -1.04. The van der Waals surface area contributed by atoms with E-state index in [9.17, 15) is 26.3 Å². The molecule has 0 saturated heterocycles. The molecule has 21 heavy (non-hydrogen) atoms. The van der Waals surface area contributed by atoms with Crippen molar-refractivity contribution >= 4 is 11.6 Å². The van der Waals surface area contributed by atoms with Crippen molar-refractivity contribution in [3.63, 3.8) is 0 Å². The molecule has 0 aromatic carbocycles. The number of alkyl halides is 6. The van der Waals surface area contributed by atoms with Gasteiger partial charge in [0.05, 0.1) is 5.56 Å². The minimum absolute atomic E-state index is 0.101. The Morgan fingerprint density at radius 2 is 1.76 bits per heavy atom. The van der Waals surface area contributed by atoms with Crippen LogP contribution in [0.5, 0.6) is 0 Å². The fourth-order valence-electron chi connectivity index (χ4n) is 1.57. The molecule has 0 atom stereocenters. The molecule has 0 radical (unpaired) electrons. The molecule has 0 aliphatic carbocycles. The van der Waals surface area contributed by atoms with Crippen LogP contribution in [0, 0.1) is 0 Å². The van der Waals surface area contributed by atoms with Crippen molar-refractivity contribution in [3.8, 4) is 0 Å². The lowest BCUT2D eigenvalue weighted by atomic mass is 10.2. The van der Waals surface area contributed by atoms with Gasteiger partial charge in [-0.3, -0.25) is 0 Å². The highest BCUT2D eigenvalue weighted by Crippen LogP contribution is 2.33. The van der Waals surface area contributed by atoms with Crippen LogP contribution in [0.4, 0.5) is 38.0 Å². The lowest BCUT2D eigenvalue weighted by Crippen LogP contribution is -2.31. The Labute approximate surface area is 118 Å². The summed E-state index contributed by atoms with van der Waals surface area (Å²) in [5, 5.41) is 2.65. The van der Waals surface area contributed by atoms with Gasteiger partial charge in [0.25, 0.3) is 0 Å². The van der Waals surface area contributed by atoms with Crippen molar-refractivity contribution in [3.05, 3.63) is 17.7 Å². The van der Waals surface area contributed by atoms with Crippen molar-refractivity contribution in [2.75, 3.05) is 30.4 Å². The molecule has 120 valence electrons. The van der Waals surface area contributed by atoms with Crippen molar-refractivity contribution in [2.45, 2.75) is 25.7 Å². The molecule has 3 nitrogen and oxygen atoms in total. The highest BCUT2D eigenvalue weighted by molar-refractivity contribution is 5.51. The van der Waals surface area contributed by atoms with Gasteiger partial charge in [-0.2, -0.15) is 26.3 Å². The maximum absolute atomic E-state index is 12.8. The predicted molar refractivity (Wildman–Crippen MR) is 67.3 cm³/mol. The number of pyridine rings is 1. The van der Waals surface area contributed by atoms with E-state index in [1.807, 2.05) is 0 Å². The van der Waals surface area contributed by atoms with Gasteiger partial charge in [0.2, 0.25) is 0 Å². The van der Waals surface area contributed by atoms with Gasteiger partial charge in [-0.05, 0) is 18.6 Å². The zero-order valence-corrected chi connectivity index (χ0v) is 11.4. The summed E-state index contributed by atoms with van der Waals surface area (Å²) in [6.45, 7) is 0.794. The van der Waals surface area contributed by atoms with Gasteiger partial charge in [0.1, 0.15) is 18.2 Å². The van der Waals surface area contributed by atoms with Crippen LogP contribution in [0.15, 0.2) is 12.1 Å². The number of anilines is 2. The minimum Gasteiger partial charge on any atom is -0.370 e. The second kappa shape index (κ2) is 6.40. The van der Waals surface area contributed by atoms with Crippen LogP contribution in [0.3, 0.4) is 0 Å². The number of rotatable bonds is 5. The molecular formula is C12H15F6N3. The average molecular weight is 315 g/mol. The Balaban J connectivity index is 3.12. The first-order valence-electron chi connectivity index (χ1n) is 6.14. The van der Waals surface area contributed by atoms with Crippen molar-refractivity contribution in [1.29, 1.82) is 0 Å². The van der Waals surface area contributed by atoms with Gasteiger partial charge >= 0.3 is 12.4 Å². The van der Waals surface area contributed by atoms with E-state index in [-0.39, 0.29) is 11.6 Å². The lowest BCUT2D eigenvalue weighted by molar-refractivity contribution is -0.137. The molecular weight excluding hydrogens is 300 g/mol. The van der Waals surface area contributed by atoms with Crippen LogP contribution in [0.2, 0.25) is 0 Å². The second-order valence-corrected chi connectivity index (χ2v) is 4.50. The van der Waals surface area contributed by atoms with E-state index >= 15 is 0 Å². The molecule has 0 fully saturated rings. The molecule has 1 rings (SSSR count). The highest BCUT2D eigenvalue weighted by atomic mass is 19.4. The first-order chi connectivity index (χ1) is 9.53. The maximum atomic E-state index is 12.8. The largest absolute Gasteiger partial charge is 0.416 e. The fraction of sp³-hybridized carbons (Fsp3) is 0.583. The third kappa shape index (κ3) is 5.68. The fourth-order valence-corrected chi connectivity index (χ4v) is 1.57. The van der Waals surface area contributed by atoms with E-state index in [2.05, 4.69) is 10.3 Å². The Morgan fingerprint density at radius 1 is 1.14 bits per heavy atom. The normalized spacial score (nSPS) is 12.4. The van der Waals surface area contributed by atoms with Gasteiger partial charge in [-0.25, -0.2) is 4.98 Å². The minimum atomic E-state index is -4.65. The van der Waals surface area contributed by atoms with Crippen LogP contribution in [-0.4, -0.2) is 31.3 Å². The summed E-state index contributed by atoms with van der Waals surface area (Å²) in [6, 6.07) is 1.38. The number of aromatic nitrogens is 1. The van der Waals surface area contributed by atoms with Crippen LogP contribution in [0.1, 0.15) is 18.9 Å². The molecule has 1 aromatic rings. The predicted octanol–water partition coefficient (Wildman–Crippen LogP) is 3.92. The first kappa shape index (κ1) is 17.4. The Hall–Kier alpha value is -1.67. The number of nitrogens with zero attached hydrogens (tertiary/aromatic N) is 2.